The minimum absolute atomic E-state index is 0.211. The van der Waals surface area contributed by atoms with E-state index in [2.05, 4.69) is 30.7 Å². The molecule has 3 aromatic rings. The van der Waals surface area contributed by atoms with Crippen molar-refractivity contribution in [2.45, 2.75) is 26.7 Å². The van der Waals surface area contributed by atoms with Crippen molar-refractivity contribution in [2.75, 3.05) is 17.2 Å². The molecule has 1 amide bonds. The largest absolute Gasteiger partial charge is 0.354 e. The number of carbonyl (C=O) groups is 1. The lowest BCUT2D eigenvalue weighted by molar-refractivity contribution is -0.116. The summed E-state index contributed by atoms with van der Waals surface area (Å²) in [4.78, 5) is 25.1. The number of aromatic nitrogens is 5. The number of nitrogens with zero attached hydrogens (tertiary/aromatic N) is 6. The normalized spacial score (nSPS) is 10.3. The fourth-order valence-electron chi connectivity index (χ4n) is 2.65. The van der Waals surface area contributed by atoms with E-state index in [1.807, 2.05) is 32.0 Å². The van der Waals surface area contributed by atoms with Gasteiger partial charge < -0.3 is 10.6 Å². The number of anilines is 2. The summed E-state index contributed by atoms with van der Waals surface area (Å²) in [7, 11) is 0. The molecule has 0 spiro atoms. The topological polar surface area (TPSA) is 121 Å². The van der Waals surface area contributed by atoms with Gasteiger partial charge in [-0.15, -0.1) is 0 Å². The monoisotopic (exact) mass is 376 g/mol. The van der Waals surface area contributed by atoms with Gasteiger partial charge in [0.2, 0.25) is 11.9 Å². The van der Waals surface area contributed by atoms with Crippen LogP contribution < -0.4 is 10.6 Å². The highest BCUT2D eigenvalue weighted by molar-refractivity contribution is 5.91. The molecule has 0 atom stereocenters. The number of amides is 1. The Morgan fingerprint density at radius 3 is 2.71 bits per heavy atom. The number of hydrogen-bond donors (Lipinski definition) is 2. The van der Waals surface area contributed by atoms with Crippen molar-refractivity contribution in [1.82, 2.24) is 24.7 Å². The van der Waals surface area contributed by atoms with E-state index in [9.17, 15) is 10.1 Å². The van der Waals surface area contributed by atoms with Crippen LogP contribution in [0.3, 0.4) is 0 Å². The number of carbonyl (C=O) groups excluding carboxylic acids is 1. The third-order valence-electron chi connectivity index (χ3n) is 3.86. The summed E-state index contributed by atoms with van der Waals surface area (Å²) in [5, 5.41) is 19.3. The lowest BCUT2D eigenvalue weighted by atomic mass is 10.3. The third-order valence-corrected chi connectivity index (χ3v) is 3.86. The van der Waals surface area contributed by atoms with Gasteiger partial charge in [0.05, 0.1) is 6.20 Å². The zero-order chi connectivity index (χ0) is 19.9. The first-order chi connectivity index (χ1) is 13.6. The smallest absolute Gasteiger partial charge is 0.225 e. The van der Waals surface area contributed by atoms with Gasteiger partial charge in [0.15, 0.2) is 11.6 Å². The van der Waals surface area contributed by atoms with E-state index >= 15 is 0 Å². The van der Waals surface area contributed by atoms with E-state index in [0.29, 0.717) is 30.5 Å². The Morgan fingerprint density at radius 2 is 2.04 bits per heavy atom. The number of nitriles is 1. The van der Waals surface area contributed by atoms with Crippen LogP contribution in [0.25, 0.3) is 5.82 Å². The first-order valence-corrected chi connectivity index (χ1v) is 8.82. The van der Waals surface area contributed by atoms with Gasteiger partial charge >= 0.3 is 0 Å². The molecular formula is C19H20N8O. The fourth-order valence-corrected chi connectivity index (χ4v) is 2.65. The second-order valence-electron chi connectivity index (χ2n) is 6.17. The Bertz CT molecular complexity index is 986. The first-order valence-electron chi connectivity index (χ1n) is 8.82. The molecule has 0 bridgehead atoms. The molecule has 2 N–H and O–H groups in total. The highest BCUT2D eigenvalue weighted by atomic mass is 16.1. The molecule has 9 nitrogen and oxygen atoms in total. The predicted octanol–water partition coefficient (Wildman–Crippen LogP) is 2.38. The molecule has 28 heavy (non-hydrogen) atoms. The molecule has 0 aliphatic heterocycles. The van der Waals surface area contributed by atoms with Crippen molar-refractivity contribution in [2.24, 2.45) is 0 Å². The first kappa shape index (κ1) is 19.0. The molecule has 3 heterocycles. The van der Waals surface area contributed by atoms with Crippen molar-refractivity contribution in [3.05, 3.63) is 53.6 Å². The van der Waals surface area contributed by atoms with E-state index in [0.717, 1.165) is 11.4 Å². The van der Waals surface area contributed by atoms with Crippen LogP contribution in [0.15, 0.2) is 36.7 Å². The van der Waals surface area contributed by atoms with Gasteiger partial charge in [-0.1, -0.05) is 6.07 Å². The maximum atomic E-state index is 12.3. The molecule has 0 radical (unpaired) electrons. The maximum Gasteiger partial charge on any atom is 0.225 e. The fraction of sp³-hybridized carbons (Fsp3) is 0.263. The highest BCUT2D eigenvalue weighted by Crippen LogP contribution is 2.18. The molecule has 3 aromatic heterocycles. The van der Waals surface area contributed by atoms with Crippen molar-refractivity contribution in [1.29, 1.82) is 5.26 Å². The Balaban J connectivity index is 1.58. The summed E-state index contributed by atoms with van der Waals surface area (Å²) in [6.45, 7) is 4.37. The molecule has 3 rings (SSSR count). The minimum Gasteiger partial charge on any atom is -0.354 e. The second kappa shape index (κ2) is 8.73. The third kappa shape index (κ3) is 4.67. The molecule has 9 heteroatoms. The van der Waals surface area contributed by atoms with Crippen LogP contribution in [-0.2, 0) is 4.79 Å². The van der Waals surface area contributed by atoms with E-state index in [1.165, 1.54) is 10.9 Å². The quantitative estimate of drug-likeness (QED) is 0.607. The number of nitrogens with one attached hydrogen (secondary N) is 2. The Hall–Kier alpha value is -3.80. The van der Waals surface area contributed by atoms with Gasteiger partial charge in [-0.05, 0) is 38.5 Å². The van der Waals surface area contributed by atoms with Crippen molar-refractivity contribution in [3.8, 4) is 11.9 Å². The van der Waals surface area contributed by atoms with Gasteiger partial charge in [-0.2, -0.15) is 15.0 Å². The van der Waals surface area contributed by atoms with Crippen molar-refractivity contribution >= 4 is 17.7 Å². The van der Waals surface area contributed by atoms with E-state index in [-0.39, 0.29) is 17.9 Å². The van der Waals surface area contributed by atoms with Crippen LogP contribution >= 0.6 is 0 Å². The molecule has 0 fully saturated rings. The molecule has 0 saturated heterocycles. The molecule has 0 aromatic carbocycles. The summed E-state index contributed by atoms with van der Waals surface area (Å²) >= 11 is 0. The molecule has 0 saturated carbocycles. The SMILES string of the molecule is Cc1cc(C)nc(NCCCC(=O)Nc2c(C#N)cnn2-c2ccccn2)n1. The summed E-state index contributed by atoms with van der Waals surface area (Å²) < 4.78 is 1.44. The highest BCUT2D eigenvalue weighted by Gasteiger charge is 2.15. The van der Waals surface area contributed by atoms with Crippen LogP contribution in [0.2, 0.25) is 0 Å². The zero-order valence-electron chi connectivity index (χ0n) is 15.7. The van der Waals surface area contributed by atoms with Crippen LogP contribution in [0.1, 0.15) is 29.8 Å². The second-order valence-corrected chi connectivity index (χ2v) is 6.17. The number of aryl methyl sites for hydroxylation is 2. The average Bonchev–Trinajstić information content (AvgIpc) is 3.07. The van der Waals surface area contributed by atoms with Crippen LogP contribution in [0.4, 0.5) is 11.8 Å². The van der Waals surface area contributed by atoms with Crippen molar-refractivity contribution < 1.29 is 4.79 Å². The minimum atomic E-state index is -0.211. The number of hydrogen-bond acceptors (Lipinski definition) is 7. The maximum absolute atomic E-state index is 12.3. The molecule has 142 valence electrons. The van der Waals surface area contributed by atoms with Gasteiger partial charge in [0, 0.05) is 30.6 Å². The van der Waals surface area contributed by atoms with Crippen molar-refractivity contribution in [3.63, 3.8) is 0 Å². The summed E-state index contributed by atoms with van der Waals surface area (Å²) in [5.74, 6) is 1.18. The van der Waals surface area contributed by atoms with Crippen LogP contribution in [0, 0.1) is 25.2 Å². The molecular weight excluding hydrogens is 356 g/mol. The summed E-state index contributed by atoms with van der Waals surface area (Å²) in [6, 6.07) is 9.27. The summed E-state index contributed by atoms with van der Waals surface area (Å²) in [6.07, 6.45) is 3.89. The van der Waals surface area contributed by atoms with Gasteiger partial charge in [0.1, 0.15) is 11.6 Å². The van der Waals surface area contributed by atoms with Crippen LogP contribution in [-0.4, -0.2) is 37.2 Å². The summed E-state index contributed by atoms with van der Waals surface area (Å²) in [5.41, 5.74) is 2.06. The van der Waals surface area contributed by atoms with E-state index in [1.54, 1.807) is 18.3 Å². The predicted molar refractivity (Wildman–Crippen MR) is 104 cm³/mol. The van der Waals surface area contributed by atoms with Gasteiger partial charge in [-0.25, -0.2) is 15.0 Å². The number of rotatable bonds is 7. The Labute approximate surface area is 162 Å². The average molecular weight is 376 g/mol. The van der Waals surface area contributed by atoms with E-state index in [4.69, 9.17) is 0 Å². The van der Waals surface area contributed by atoms with Gasteiger partial charge in [0.25, 0.3) is 0 Å². The lowest BCUT2D eigenvalue weighted by Crippen LogP contribution is -2.17. The number of pyridine rings is 1. The molecule has 0 unspecified atom stereocenters. The standard InChI is InChI=1S/C19H20N8O/c1-13-10-14(2)25-19(24-13)22-9-5-7-17(28)26-18-15(11-20)12-23-27(18)16-6-3-4-8-21-16/h3-4,6,8,10,12H,5,7,9H2,1-2H3,(H,26,28)(H,22,24,25). The molecule has 0 aliphatic carbocycles. The zero-order valence-corrected chi connectivity index (χ0v) is 15.7. The lowest BCUT2D eigenvalue weighted by Gasteiger charge is -2.09. The van der Waals surface area contributed by atoms with Gasteiger partial charge in [-0.3, -0.25) is 4.79 Å². The van der Waals surface area contributed by atoms with E-state index < -0.39 is 0 Å². The Morgan fingerprint density at radius 1 is 1.25 bits per heavy atom. The Kier molecular flexibility index (Phi) is 5.91. The van der Waals surface area contributed by atoms with Crippen LogP contribution in [0.5, 0.6) is 0 Å². The molecule has 0 aliphatic rings.